The largest absolute Gasteiger partial charge is 0.483 e. The molecule has 2 N–H and O–H groups in total. The van der Waals surface area contributed by atoms with E-state index in [0.717, 1.165) is 28.1 Å². The molecule has 4 nitrogen and oxygen atoms in total. The number of benzene rings is 2. The Morgan fingerprint density at radius 3 is 2.40 bits per heavy atom. The second kappa shape index (κ2) is 8.62. The first-order valence-electron chi connectivity index (χ1n) is 8.26. The SMILES string of the molecule is Cc1cc(C)cc(NC(=S)NC(=O)COc2ccccc2C(C)C)c1. The Hall–Kier alpha value is -2.40. The summed E-state index contributed by atoms with van der Waals surface area (Å²) in [5.41, 5.74) is 4.19. The minimum atomic E-state index is -0.291. The van der Waals surface area contributed by atoms with Crippen molar-refractivity contribution in [2.45, 2.75) is 33.6 Å². The number of rotatable bonds is 5. The van der Waals surface area contributed by atoms with E-state index in [4.69, 9.17) is 17.0 Å². The van der Waals surface area contributed by atoms with Crippen molar-refractivity contribution in [2.24, 2.45) is 0 Å². The van der Waals surface area contributed by atoms with Gasteiger partial charge in [-0.05, 0) is 66.9 Å². The summed E-state index contributed by atoms with van der Waals surface area (Å²) in [4.78, 5) is 12.1. The second-order valence-electron chi connectivity index (χ2n) is 6.36. The number of carbonyl (C=O) groups excluding carboxylic acids is 1. The molecule has 0 spiro atoms. The third-order valence-electron chi connectivity index (χ3n) is 3.63. The molecule has 25 heavy (non-hydrogen) atoms. The third kappa shape index (κ3) is 5.87. The molecule has 2 rings (SSSR count). The molecular formula is C20H24N2O2S. The molecule has 0 saturated carbocycles. The van der Waals surface area contributed by atoms with Gasteiger partial charge in [0.1, 0.15) is 5.75 Å². The van der Waals surface area contributed by atoms with Crippen molar-refractivity contribution in [2.75, 3.05) is 11.9 Å². The van der Waals surface area contributed by atoms with Gasteiger partial charge in [-0.1, -0.05) is 38.1 Å². The summed E-state index contributed by atoms with van der Waals surface area (Å²) in [6.45, 7) is 8.12. The van der Waals surface area contributed by atoms with Crippen LogP contribution in [0.15, 0.2) is 42.5 Å². The van der Waals surface area contributed by atoms with Crippen molar-refractivity contribution < 1.29 is 9.53 Å². The van der Waals surface area contributed by atoms with Gasteiger partial charge in [0.2, 0.25) is 0 Å². The molecule has 2 aromatic carbocycles. The third-order valence-corrected chi connectivity index (χ3v) is 3.84. The van der Waals surface area contributed by atoms with Gasteiger partial charge in [-0.3, -0.25) is 10.1 Å². The normalized spacial score (nSPS) is 10.4. The molecule has 132 valence electrons. The van der Waals surface area contributed by atoms with E-state index in [1.54, 1.807) is 0 Å². The molecule has 0 saturated heterocycles. The summed E-state index contributed by atoms with van der Waals surface area (Å²) < 4.78 is 5.65. The van der Waals surface area contributed by atoms with Gasteiger partial charge in [0.05, 0.1) is 0 Å². The number of amides is 1. The lowest BCUT2D eigenvalue weighted by Crippen LogP contribution is -2.37. The molecule has 0 aliphatic rings. The van der Waals surface area contributed by atoms with Crippen LogP contribution in [0.5, 0.6) is 5.75 Å². The van der Waals surface area contributed by atoms with Gasteiger partial charge in [0.15, 0.2) is 11.7 Å². The maximum absolute atomic E-state index is 12.1. The highest BCUT2D eigenvalue weighted by Crippen LogP contribution is 2.25. The number of para-hydroxylation sites is 1. The van der Waals surface area contributed by atoms with Gasteiger partial charge >= 0.3 is 0 Å². The zero-order valence-electron chi connectivity index (χ0n) is 15.1. The van der Waals surface area contributed by atoms with Gasteiger partial charge in [-0.15, -0.1) is 0 Å². The molecule has 0 fully saturated rings. The Labute approximate surface area is 154 Å². The Morgan fingerprint density at radius 2 is 1.76 bits per heavy atom. The van der Waals surface area contributed by atoms with Crippen molar-refractivity contribution >= 4 is 28.9 Å². The second-order valence-corrected chi connectivity index (χ2v) is 6.77. The van der Waals surface area contributed by atoms with E-state index < -0.39 is 0 Å². The molecule has 5 heteroatoms. The molecule has 0 unspecified atom stereocenters. The fourth-order valence-corrected chi connectivity index (χ4v) is 2.84. The number of hydrogen-bond acceptors (Lipinski definition) is 3. The highest BCUT2D eigenvalue weighted by molar-refractivity contribution is 7.80. The number of anilines is 1. The summed E-state index contributed by atoms with van der Waals surface area (Å²) >= 11 is 5.20. The summed E-state index contributed by atoms with van der Waals surface area (Å²) in [6.07, 6.45) is 0. The molecule has 1 amide bonds. The zero-order chi connectivity index (χ0) is 18.4. The Kier molecular flexibility index (Phi) is 6.53. The van der Waals surface area contributed by atoms with Crippen LogP contribution in [-0.2, 0) is 4.79 Å². The van der Waals surface area contributed by atoms with Crippen molar-refractivity contribution in [3.63, 3.8) is 0 Å². The van der Waals surface area contributed by atoms with Crippen molar-refractivity contribution in [1.82, 2.24) is 5.32 Å². The lowest BCUT2D eigenvalue weighted by atomic mass is 10.0. The standard InChI is InChI=1S/C20H24N2O2S/c1-13(2)17-7-5-6-8-18(17)24-12-19(23)22-20(25)21-16-10-14(3)9-15(4)11-16/h5-11,13H,12H2,1-4H3,(H2,21,22,23,25). The smallest absolute Gasteiger partial charge is 0.264 e. The van der Waals surface area contributed by atoms with Gasteiger partial charge in [-0.25, -0.2) is 0 Å². The summed E-state index contributed by atoms with van der Waals surface area (Å²) in [5.74, 6) is 0.757. The van der Waals surface area contributed by atoms with Crippen LogP contribution >= 0.6 is 12.2 Å². The Morgan fingerprint density at radius 1 is 1.12 bits per heavy atom. The molecule has 0 aliphatic carbocycles. The number of hydrogen-bond donors (Lipinski definition) is 2. The first kappa shape index (κ1) is 18.9. The number of aryl methyl sites for hydroxylation is 2. The molecule has 0 radical (unpaired) electrons. The van der Waals surface area contributed by atoms with Crippen molar-refractivity contribution in [1.29, 1.82) is 0 Å². The first-order valence-corrected chi connectivity index (χ1v) is 8.67. The first-order chi connectivity index (χ1) is 11.8. The summed E-state index contributed by atoms with van der Waals surface area (Å²) in [6, 6.07) is 13.8. The molecule has 0 aliphatic heterocycles. The molecule has 0 aromatic heterocycles. The average Bonchev–Trinajstić information content (AvgIpc) is 2.51. The average molecular weight is 356 g/mol. The molecule has 2 aromatic rings. The van der Waals surface area contributed by atoms with E-state index in [2.05, 4.69) is 30.5 Å². The van der Waals surface area contributed by atoms with Crippen LogP contribution in [0, 0.1) is 13.8 Å². The van der Waals surface area contributed by atoms with Gasteiger partial charge < -0.3 is 10.1 Å². The van der Waals surface area contributed by atoms with E-state index in [9.17, 15) is 4.79 Å². The predicted molar refractivity (Wildman–Crippen MR) is 106 cm³/mol. The van der Waals surface area contributed by atoms with Crippen LogP contribution in [0.2, 0.25) is 0 Å². The number of thiocarbonyl (C=S) groups is 1. The fraction of sp³-hybridized carbons (Fsp3) is 0.300. The molecule has 0 atom stereocenters. The van der Waals surface area contributed by atoms with Crippen LogP contribution < -0.4 is 15.4 Å². The van der Waals surface area contributed by atoms with E-state index in [1.807, 2.05) is 50.2 Å². The lowest BCUT2D eigenvalue weighted by Gasteiger charge is -2.14. The minimum absolute atomic E-state index is 0.0849. The minimum Gasteiger partial charge on any atom is -0.483 e. The molecular weight excluding hydrogens is 332 g/mol. The van der Waals surface area contributed by atoms with E-state index >= 15 is 0 Å². The van der Waals surface area contributed by atoms with Crippen molar-refractivity contribution in [3.05, 3.63) is 59.2 Å². The maximum Gasteiger partial charge on any atom is 0.264 e. The number of ether oxygens (including phenoxy) is 1. The van der Waals surface area contributed by atoms with Gasteiger partial charge in [0.25, 0.3) is 5.91 Å². The van der Waals surface area contributed by atoms with Crippen LogP contribution in [0.1, 0.15) is 36.5 Å². The maximum atomic E-state index is 12.1. The van der Waals surface area contributed by atoms with Crippen LogP contribution in [-0.4, -0.2) is 17.6 Å². The Balaban J connectivity index is 1.89. The zero-order valence-corrected chi connectivity index (χ0v) is 15.9. The highest BCUT2D eigenvalue weighted by Gasteiger charge is 2.10. The van der Waals surface area contributed by atoms with Crippen LogP contribution in [0.25, 0.3) is 0 Å². The Bertz CT molecular complexity index is 752. The predicted octanol–water partition coefficient (Wildman–Crippen LogP) is 4.32. The molecule has 0 heterocycles. The van der Waals surface area contributed by atoms with E-state index in [1.165, 1.54) is 0 Å². The van der Waals surface area contributed by atoms with Gasteiger partial charge in [-0.2, -0.15) is 0 Å². The van der Waals surface area contributed by atoms with E-state index in [-0.39, 0.29) is 17.6 Å². The van der Waals surface area contributed by atoms with Crippen LogP contribution in [0.4, 0.5) is 5.69 Å². The van der Waals surface area contributed by atoms with E-state index in [0.29, 0.717) is 5.92 Å². The van der Waals surface area contributed by atoms with Gasteiger partial charge in [0, 0.05) is 5.69 Å². The topological polar surface area (TPSA) is 50.4 Å². The lowest BCUT2D eigenvalue weighted by molar-refractivity contribution is -0.121. The van der Waals surface area contributed by atoms with Crippen molar-refractivity contribution in [3.8, 4) is 5.75 Å². The quantitative estimate of drug-likeness (QED) is 0.784. The molecule has 0 bridgehead atoms. The number of nitrogens with one attached hydrogen (secondary N) is 2. The van der Waals surface area contributed by atoms with Crippen LogP contribution in [0.3, 0.4) is 0 Å². The monoisotopic (exact) mass is 356 g/mol. The number of carbonyl (C=O) groups is 1. The summed E-state index contributed by atoms with van der Waals surface area (Å²) in [5, 5.41) is 5.93. The summed E-state index contributed by atoms with van der Waals surface area (Å²) in [7, 11) is 0. The highest BCUT2D eigenvalue weighted by atomic mass is 32.1. The fourth-order valence-electron chi connectivity index (χ4n) is 2.60.